The van der Waals surface area contributed by atoms with Crippen molar-refractivity contribution in [3.63, 3.8) is 0 Å². The number of fused-ring (bicyclic) bond motifs is 6. The summed E-state index contributed by atoms with van der Waals surface area (Å²) in [5.74, 6) is -1.44. The molecule has 0 atom stereocenters. The first-order valence-corrected chi connectivity index (χ1v) is 20.3. The minimum atomic E-state index is -0.719. The van der Waals surface area contributed by atoms with Gasteiger partial charge in [0.05, 0.1) is 50.6 Å². The molecule has 0 aliphatic rings. The van der Waals surface area contributed by atoms with Crippen molar-refractivity contribution >= 4 is 43.6 Å². The van der Waals surface area contributed by atoms with Crippen molar-refractivity contribution in [2.24, 2.45) is 0 Å². The molecule has 0 spiro atoms. The van der Waals surface area contributed by atoms with Crippen LogP contribution in [0.4, 0.5) is 8.78 Å². The average Bonchev–Trinajstić information content (AvgIpc) is 3.64. The van der Waals surface area contributed by atoms with Crippen LogP contribution in [0.25, 0.3) is 66.1 Å². The molecule has 3 nitrogen and oxygen atoms in total. The Bertz CT molecular complexity index is 2850. The standard InChI is InChI=1S/C53H53F2N3/c1-50(2,3)32-16-20-43-37(25-32)38-26-33(51(4,5)6)17-21-44(38)57(43)47-24-31(30-56)36(49-41(54)14-13-15-42(49)55)29-48(47)58-45-22-18-34(52(7,8)9)27-39(45)40-28-35(53(10,11)12)19-23-46(40)58/h13-29H,1-12H3. The molecule has 0 N–H and O–H groups in total. The summed E-state index contributed by atoms with van der Waals surface area (Å²) in [4.78, 5) is 0. The first-order valence-electron chi connectivity index (χ1n) is 20.3. The van der Waals surface area contributed by atoms with Gasteiger partial charge in [0.25, 0.3) is 0 Å². The molecule has 8 rings (SSSR count). The molecular formula is C53H53F2N3. The van der Waals surface area contributed by atoms with Gasteiger partial charge in [-0.25, -0.2) is 8.78 Å². The summed E-state index contributed by atoms with van der Waals surface area (Å²) < 4.78 is 36.2. The van der Waals surface area contributed by atoms with Gasteiger partial charge in [-0.3, -0.25) is 0 Å². The lowest BCUT2D eigenvalue weighted by Gasteiger charge is -2.22. The first kappa shape index (κ1) is 39.1. The molecule has 2 heterocycles. The normalized spacial score (nSPS) is 13.0. The fourth-order valence-corrected chi connectivity index (χ4v) is 8.42. The van der Waals surface area contributed by atoms with Gasteiger partial charge in [0.2, 0.25) is 0 Å². The smallest absolute Gasteiger partial charge is 0.134 e. The lowest BCUT2D eigenvalue weighted by molar-refractivity contribution is 0.589. The molecule has 0 unspecified atom stereocenters. The zero-order chi connectivity index (χ0) is 41.9. The highest BCUT2D eigenvalue weighted by Gasteiger charge is 2.27. The van der Waals surface area contributed by atoms with E-state index in [1.54, 1.807) is 0 Å². The second-order valence-corrected chi connectivity index (χ2v) is 20.2. The number of aromatic nitrogens is 2. The molecule has 0 saturated carbocycles. The zero-order valence-corrected chi connectivity index (χ0v) is 35.9. The Morgan fingerprint density at radius 3 is 1.03 bits per heavy atom. The number of hydrogen-bond donors (Lipinski definition) is 0. The van der Waals surface area contributed by atoms with Gasteiger partial charge in [-0.05, 0) is 117 Å². The monoisotopic (exact) mass is 769 g/mol. The Balaban J connectivity index is 1.59. The van der Waals surface area contributed by atoms with Crippen LogP contribution < -0.4 is 0 Å². The largest absolute Gasteiger partial charge is 0.307 e. The van der Waals surface area contributed by atoms with E-state index in [-0.39, 0.29) is 38.4 Å². The minimum absolute atomic E-state index is 0.0876. The molecular weight excluding hydrogens is 717 g/mol. The van der Waals surface area contributed by atoms with Crippen LogP contribution in [-0.4, -0.2) is 9.13 Å². The third kappa shape index (κ3) is 6.38. The van der Waals surface area contributed by atoms with Gasteiger partial charge < -0.3 is 9.13 Å². The summed E-state index contributed by atoms with van der Waals surface area (Å²) in [5.41, 5.74) is 9.99. The van der Waals surface area contributed by atoms with Gasteiger partial charge in [0.15, 0.2) is 0 Å². The van der Waals surface area contributed by atoms with Crippen LogP contribution in [0, 0.1) is 23.0 Å². The Morgan fingerprint density at radius 1 is 0.431 bits per heavy atom. The lowest BCUT2D eigenvalue weighted by Crippen LogP contribution is -2.11. The Labute approximate surface area is 341 Å². The number of halogens is 2. The Hall–Kier alpha value is -5.73. The first-order chi connectivity index (χ1) is 27.1. The van der Waals surface area contributed by atoms with Crippen LogP contribution in [0.5, 0.6) is 0 Å². The molecule has 0 aliphatic heterocycles. The maximum Gasteiger partial charge on any atom is 0.134 e. The van der Waals surface area contributed by atoms with Crippen molar-refractivity contribution in [2.75, 3.05) is 0 Å². The molecule has 0 radical (unpaired) electrons. The number of benzene rings is 6. The Kier molecular flexibility index (Phi) is 8.87. The van der Waals surface area contributed by atoms with E-state index in [0.717, 1.165) is 49.3 Å². The average molecular weight is 770 g/mol. The molecule has 0 bridgehead atoms. The molecule has 0 amide bonds. The molecule has 2 aromatic heterocycles. The van der Waals surface area contributed by atoms with Crippen molar-refractivity contribution in [3.8, 4) is 28.6 Å². The molecule has 0 fully saturated rings. The summed E-state index contributed by atoms with van der Waals surface area (Å²) >= 11 is 0. The topological polar surface area (TPSA) is 33.6 Å². The SMILES string of the molecule is CC(C)(C)c1ccc2c(c1)c1cc(C(C)(C)C)ccc1n2-c1cc(C#N)c(-c2c(F)cccc2F)cc1-n1c2ccc(C(C)(C)C)cc2c2cc(C(C)(C)C)ccc21. The van der Waals surface area contributed by atoms with Crippen LogP contribution >= 0.6 is 0 Å². The lowest BCUT2D eigenvalue weighted by atomic mass is 9.85. The molecule has 5 heteroatoms. The van der Waals surface area contributed by atoms with Crippen molar-refractivity contribution < 1.29 is 8.78 Å². The van der Waals surface area contributed by atoms with Gasteiger partial charge in [-0.15, -0.1) is 0 Å². The van der Waals surface area contributed by atoms with Gasteiger partial charge in [0.1, 0.15) is 11.6 Å². The highest BCUT2D eigenvalue weighted by molar-refractivity contribution is 6.12. The van der Waals surface area contributed by atoms with Crippen molar-refractivity contribution in [3.05, 3.63) is 143 Å². The van der Waals surface area contributed by atoms with E-state index in [1.807, 2.05) is 12.1 Å². The molecule has 8 aromatic rings. The van der Waals surface area contributed by atoms with Gasteiger partial charge in [-0.1, -0.05) is 113 Å². The summed E-state index contributed by atoms with van der Waals surface area (Å²) in [7, 11) is 0. The number of hydrogen-bond acceptors (Lipinski definition) is 1. The molecule has 58 heavy (non-hydrogen) atoms. The van der Waals surface area contributed by atoms with Crippen LogP contribution in [0.2, 0.25) is 0 Å². The van der Waals surface area contributed by atoms with Crippen molar-refractivity contribution in [2.45, 2.75) is 105 Å². The summed E-state index contributed by atoms with van der Waals surface area (Å²) in [6.07, 6.45) is 0. The minimum Gasteiger partial charge on any atom is -0.307 e. The zero-order valence-electron chi connectivity index (χ0n) is 35.9. The predicted octanol–water partition coefficient (Wildman–Crippen LogP) is 14.9. The number of nitriles is 1. The van der Waals surface area contributed by atoms with E-state index in [4.69, 9.17) is 0 Å². The van der Waals surface area contributed by atoms with Gasteiger partial charge >= 0.3 is 0 Å². The fourth-order valence-electron chi connectivity index (χ4n) is 8.42. The highest BCUT2D eigenvalue weighted by atomic mass is 19.1. The number of rotatable bonds is 3. The second kappa shape index (κ2) is 13.1. The fraction of sp³-hybridized carbons (Fsp3) is 0.302. The summed E-state index contributed by atoms with van der Waals surface area (Å²) in [6.45, 7) is 26.7. The Morgan fingerprint density at radius 2 is 0.741 bits per heavy atom. The molecule has 294 valence electrons. The molecule has 0 saturated heterocycles. The van der Waals surface area contributed by atoms with Crippen molar-refractivity contribution in [1.82, 2.24) is 9.13 Å². The third-order valence-corrected chi connectivity index (χ3v) is 11.9. The van der Waals surface area contributed by atoms with Gasteiger partial charge in [0, 0.05) is 27.1 Å². The number of nitrogens with zero attached hydrogens (tertiary/aromatic N) is 3. The van der Waals surface area contributed by atoms with Gasteiger partial charge in [-0.2, -0.15) is 5.26 Å². The molecule has 0 aliphatic carbocycles. The van der Waals surface area contributed by atoms with E-state index < -0.39 is 11.6 Å². The van der Waals surface area contributed by atoms with E-state index in [2.05, 4.69) is 171 Å². The maximum atomic E-state index is 15.8. The summed E-state index contributed by atoms with van der Waals surface area (Å²) in [5, 5.41) is 15.2. The van der Waals surface area contributed by atoms with Crippen molar-refractivity contribution in [1.29, 1.82) is 5.26 Å². The quantitative estimate of drug-likeness (QED) is 0.176. The molecule has 6 aromatic carbocycles. The second-order valence-electron chi connectivity index (χ2n) is 20.2. The highest BCUT2D eigenvalue weighted by Crippen LogP contribution is 2.44. The van der Waals surface area contributed by atoms with E-state index >= 15 is 8.78 Å². The third-order valence-electron chi connectivity index (χ3n) is 11.9. The van der Waals surface area contributed by atoms with Crippen LogP contribution in [0.3, 0.4) is 0 Å². The van der Waals surface area contributed by atoms with Crippen LogP contribution in [-0.2, 0) is 21.7 Å². The van der Waals surface area contributed by atoms with Crippen LogP contribution in [0.15, 0.2) is 103 Å². The maximum absolute atomic E-state index is 15.8. The van der Waals surface area contributed by atoms with Crippen LogP contribution in [0.1, 0.15) is 111 Å². The van der Waals surface area contributed by atoms with E-state index in [9.17, 15) is 5.26 Å². The van der Waals surface area contributed by atoms with E-state index in [0.29, 0.717) is 5.69 Å². The predicted molar refractivity (Wildman–Crippen MR) is 240 cm³/mol. The van der Waals surface area contributed by atoms with E-state index in [1.165, 1.54) is 40.5 Å². The summed E-state index contributed by atoms with van der Waals surface area (Å²) in [6, 6.07) is 36.5.